The third-order valence-corrected chi connectivity index (χ3v) is 3.76. The average Bonchev–Trinajstić information content (AvgIpc) is 3.12. The number of alkyl halides is 6. The van der Waals surface area contributed by atoms with Crippen LogP contribution in [0.5, 0.6) is 5.75 Å². The van der Waals surface area contributed by atoms with Crippen molar-refractivity contribution >= 4 is 12.2 Å². The van der Waals surface area contributed by atoms with E-state index in [1.807, 2.05) is 0 Å². The Morgan fingerprint density at radius 2 is 1.84 bits per heavy atom. The molecule has 0 aliphatic carbocycles. The molecule has 0 amide bonds. The van der Waals surface area contributed by atoms with Gasteiger partial charge in [0.1, 0.15) is 18.0 Å². The van der Waals surface area contributed by atoms with Gasteiger partial charge in [-0.3, -0.25) is 4.68 Å². The summed E-state index contributed by atoms with van der Waals surface area (Å²) in [4.78, 5) is 7.41. The monoisotopic (exact) mass is 444 g/mol. The average molecular weight is 444 g/mol. The Labute approximate surface area is 171 Å². The molecular formula is C18H14F6N6O. The van der Waals surface area contributed by atoms with Gasteiger partial charge in [-0.05, 0) is 24.3 Å². The topological polar surface area (TPSA) is 77.2 Å². The molecule has 0 aliphatic rings. The van der Waals surface area contributed by atoms with Gasteiger partial charge in [0, 0.05) is 11.8 Å². The number of hydrogen-bond donors (Lipinski definition) is 1. The third-order valence-electron chi connectivity index (χ3n) is 3.76. The quantitative estimate of drug-likeness (QED) is 0.347. The lowest BCUT2D eigenvalue weighted by atomic mass is 10.1. The van der Waals surface area contributed by atoms with Gasteiger partial charge in [0.2, 0.25) is 5.95 Å². The Morgan fingerprint density at radius 1 is 1.10 bits per heavy atom. The van der Waals surface area contributed by atoms with Crippen LogP contribution in [0.4, 0.5) is 32.3 Å². The molecule has 3 aromatic rings. The predicted octanol–water partition coefficient (Wildman–Crippen LogP) is 4.38. The van der Waals surface area contributed by atoms with Gasteiger partial charge in [-0.15, -0.1) is 0 Å². The molecule has 164 valence electrons. The summed E-state index contributed by atoms with van der Waals surface area (Å²) in [5.74, 6) is -0.166. The molecule has 0 saturated carbocycles. The van der Waals surface area contributed by atoms with Crippen molar-refractivity contribution in [3.8, 4) is 17.0 Å². The van der Waals surface area contributed by atoms with Crippen LogP contribution in [-0.4, -0.2) is 39.2 Å². The van der Waals surface area contributed by atoms with E-state index in [4.69, 9.17) is 4.74 Å². The maximum absolute atomic E-state index is 13.3. The SMILES string of the molecule is COc1ccccc1-c1cc(C(F)(F)F)nc(NN=Cc2ccn(CC(F)(F)F)n2)n1. The summed E-state index contributed by atoms with van der Waals surface area (Å²) in [6, 6.07) is 8.37. The minimum atomic E-state index is -4.75. The summed E-state index contributed by atoms with van der Waals surface area (Å²) < 4.78 is 82.7. The van der Waals surface area contributed by atoms with Crippen molar-refractivity contribution in [3.05, 3.63) is 54.0 Å². The molecule has 0 radical (unpaired) electrons. The standard InChI is InChI=1S/C18H14F6N6O/c1-31-14-5-3-2-4-12(14)13-8-15(18(22,23)24)27-16(26-13)28-25-9-11-6-7-30(29-11)10-17(19,20)21/h2-9H,10H2,1H3,(H,26,27,28). The third kappa shape index (κ3) is 5.93. The fraction of sp³-hybridized carbons (Fsp3) is 0.222. The summed E-state index contributed by atoms with van der Waals surface area (Å²) in [7, 11) is 1.37. The van der Waals surface area contributed by atoms with Crippen LogP contribution in [0.1, 0.15) is 11.4 Å². The molecule has 0 saturated heterocycles. The van der Waals surface area contributed by atoms with Crippen molar-refractivity contribution in [2.75, 3.05) is 12.5 Å². The van der Waals surface area contributed by atoms with Gasteiger partial charge in [0.25, 0.3) is 0 Å². The zero-order valence-electron chi connectivity index (χ0n) is 15.7. The number of halogens is 6. The maximum Gasteiger partial charge on any atom is 0.433 e. The first kappa shape index (κ1) is 22.1. The molecule has 0 atom stereocenters. The smallest absolute Gasteiger partial charge is 0.433 e. The van der Waals surface area contributed by atoms with Gasteiger partial charge < -0.3 is 4.74 Å². The Bertz CT molecular complexity index is 1080. The number of aromatic nitrogens is 4. The molecule has 1 N–H and O–H groups in total. The number of hydrogen-bond acceptors (Lipinski definition) is 6. The minimum absolute atomic E-state index is 0.0497. The highest BCUT2D eigenvalue weighted by Crippen LogP contribution is 2.34. The van der Waals surface area contributed by atoms with Crippen molar-refractivity contribution in [1.82, 2.24) is 19.7 Å². The molecule has 0 aliphatic heterocycles. The van der Waals surface area contributed by atoms with Gasteiger partial charge in [-0.25, -0.2) is 15.4 Å². The number of rotatable bonds is 6. The number of anilines is 1. The molecule has 13 heteroatoms. The van der Waals surface area contributed by atoms with E-state index in [1.54, 1.807) is 18.2 Å². The van der Waals surface area contributed by atoms with E-state index in [0.29, 0.717) is 16.0 Å². The van der Waals surface area contributed by atoms with Crippen molar-refractivity contribution < 1.29 is 31.1 Å². The summed E-state index contributed by atoms with van der Waals surface area (Å²) in [6.45, 7) is -1.28. The Morgan fingerprint density at radius 3 is 2.52 bits per heavy atom. The molecule has 0 spiro atoms. The molecule has 31 heavy (non-hydrogen) atoms. The summed E-state index contributed by atoms with van der Waals surface area (Å²) >= 11 is 0. The van der Waals surface area contributed by atoms with Crippen LogP contribution < -0.4 is 10.2 Å². The fourth-order valence-corrected chi connectivity index (χ4v) is 2.51. The second kappa shape index (κ2) is 8.62. The first-order chi connectivity index (χ1) is 14.5. The number of hydrazone groups is 1. The number of nitrogens with zero attached hydrogens (tertiary/aromatic N) is 5. The Balaban J connectivity index is 1.86. The van der Waals surface area contributed by atoms with E-state index in [0.717, 1.165) is 18.5 Å². The van der Waals surface area contributed by atoms with Crippen LogP contribution in [0, 0.1) is 0 Å². The molecule has 1 aromatic carbocycles. The molecule has 2 heterocycles. The maximum atomic E-state index is 13.3. The number of para-hydroxylation sites is 1. The highest BCUT2D eigenvalue weighted by Gasteiger charge is 2.34. The molecule has 0 unspecified atom stereocenters. The summed E-state index contributed by atoms with van der Waals surface area (Å²) in [5.41, 5.74) is 1.32. The zero-order valence-corrected chi connectivity index (χ0v) is 15.7. The van der Waals surface area contributed by atoms with Gasteiger partial charge in [-0.2, -0.15) is 36.5 Å². The van der Waals surface area contributed by atoms with Gasteiger partial charge in [-0.1, -0.05) is 12.1 Å². The Hall–Kier alpha value is -3.64. The lowest BCUT2D eigenvalue weighted by Crippen LogP contribution is -2.18. The van der Waals surface area contributed by atoms with Crippen LogP contribution in [0.2, 0.25) is 0 Å². The second-order valence-corrected chi connectivity index (χ2v) is 6.08. The Kier molecular flexibility index (Phi) is 6.13. The van der Waals surface area contributed by atoms with Gasteiger partial charge >= 0.3 is 12.4 Å². The number of ether oxygens (including phenoxy) is 1. The van der Waals surface area contributed by atoms with Crippen molar-refractivity contribution in [2.45, 2.75) is 18.9 Å². The molecule has 0 bridgehead atoms. The molecular weight excluding hydrogens is 430 g/mol. The lowest BCUT2D eigenvalue weighted by Gasteiger charge is -2.12. The van der Waals surface area contributed by atoms with Crippen molar-refractivity contribution in [3.63, 3.8) is 0 Å². The zero-order chi connectivity index (χ0) is 22.6. The predicted molar refractivity (Wildman–Crippen MR) is 98.5 cm³/mol. The highest BCUT2D eigenvalue weighted by molar-refractivity contribution is 5.77. The van der Waals surface area contributed by atoms with E-state index in [-0.39, 0.29) is 11.4 Å². The molecule has 0 fully saturated rings. The highest BCUT2D eigenvalue weighted by atomic mass is 19.4. The fourth-order valence-electron chi connectivity index (χ4n) is 2.51. The summed E-state index contributed by atoms with van der Waals surface area (Å²) in [5, 5.41) is 7.31. The normalized spacial score (nSPS) is 12.4. The van der Waals surface area contributed by atoms with E-state index >= 15 is 0 Å². The first-order valence-electron chi connectivity index (χ1n) is 8.54. The van der Waals surface area contributed by atoms with Crippen LogP contribution >= 0.6 is 0 Å². The lowest BCUT2D eigenvalue weighted by molar-refractivity contribution is -0.143. The van der Waals surface area contributed by atoms with E-state index < -0.39 is 30.5 Å². The number of benzene rings is 1. The summed E-state index contributed by atoms with van der Waals surface area (Å²) in [6.07, 6.45) is -7.08. The van der Waals surface area contributed by atoms with Gasteiger partial charge in [0.05, 0.1) is 19.0 Å². The van der Waals surface area contributed by atoms with Crippen LogP contribution in [0.15, 0.2) is 47.7 Å². The second-order valence-electron chi connectivity index (χ2n) is 6.08. The van der Waals surface area contributed by atoms with E-state index in [1.165, 1.54) is 19.2 Å². The van der Waals surface area contributed by atoms with E-state index in [2.05, 4.69) is 25.6 Å². The number of methoxy groups -OCH3 is 1. The molecule has 2 aromatic heterocycles. The van der Waals surface area contributed by atoms with Gasteiger partial charge in [0.15, 0.2) is 5.69 Å². The minimum Gasteiger partial charge on any atom is -0.496 e. The molecule has 3 rings (SSSR count). The van der Waals surface area contributed by atoms with Crippen LogP contribution in [0.25, 0.3) is 11.3 Å². The number of nitrogens with one attached hydrogen (secondary N) is 1. The van der Waals surface area contributed by atoms with Crippen molar-refractivity contribution in [1.29, 1.82) is 0 Å². The van der Waals surface area contributed by atoms with Crippen molar-refractivity contribution in [2.24, 2.45) is 5.10 Å². The van der Waals surface area contributed by atoms with Crippen LogP contribution in [0.3, 0.4) is 0 Å². The largest absolute Gasteiger partial charge is 0.496 e. The van der Waals surface area contributed by atoms with E-state index in [9.17, 15) is 26.3 Å². The molecule has 7 nitrogen and oxygen atoms in total. The van der Waals surface area contributed by atoms with Crippen LogP contribution in [-0.2, 0) is 12.7 Å². The first-order valence-corrected chi connectivity index (χ1v) is 8.54.